The lowest BCUT2D eigenvalue weighted by Crippen LogP contribution is -1.98. The third-order valence-electron chi connectivity index (χ3n) is 8.03. The van der Waals surface area contributed by atoms with Crippen LogP contribution in [0.4, 0.5) is 11.4 Å². The minimum Gasteiger partial charge on any atom is -0.318 e. The number of thiophene rings is 1. The van der Waals surface area contributed by atoms with Crippen LogP contribution in [0.5, 0.6) is 0 Å². The second-order valence-electron chi connectivity index (χ2n) is 10.3. The van der Waals surface area contributed by atoms with Crippen LogP contribution in [0.3, 0.4) is 0 Å². The molecule has 0 unspecified atom stereocenters. The molecule has 0 fully saturated rings. The molecule has 0 N–H and O–H groups in total. The van der Waals surface area contributed by atoms with Crippen molar-refractivity contribution in [1.29, 1.82) is 0 Å². The van der Waals surface area contributed by atoms with Crippen LogP contribution in [-0.4, -0.2) is 4.57 Å². The molecule has 0 spiro atoms. The maximum Gasteiger partial charge on any atom is 0.211 e. The molecule has 0 saturated carbocycles. The van der Waals surface area contributed by atoms with Gasteiger partial charge in [0, 0.05) is 25.6 Å². The number of benzene rings is 6. The van der Waals surface area contributed by atoms with E-state index in [4.69, 9.17) is 13.1 Å². The number of rotatable bonds is 3. The van der Waals surface area contributed by atoms with Gasteiger partial charge in [-0.2, -0.15) is 0 Å². The van der Waals surface area contributed by atoms with Gasteiger partial charge in [0.2, 0.25) is 5.69 Å². The summed E-state index contributed by atoms with van der Waals surface area (Å²) in [6, 6.07) is 43.9. The Bertz CT molecular complexity index is 2450. The van der Waals surface area contributed by atoms with Crippen LogP contribution in [0.1, 0.15) is 0 Å². The van der Waals surface area contributed by atoms with E-state index in [9.17, 15) is 0 Å². The average Bonchev–Trinajstić information content (AvgIpc) is 3.59. The Morgan fingerprint density at radius 3 is 2.12 bits per heavy atom. The number of nitrogens with zero attached hydrogens (tertiary/aromatic N) is 3. The van der Waals surface area contributed by atoms with E-state index in [-0.39, 0.29) is 0 Å². The Labute approximate surface area is 246 Å². The zero-order valence-corrected chi connectivity index (χ0v) is 23.2. The van der Waals surface area contributed by atoms with Crippen molar-refractivity contribution < 1.29 is 0 Å². The van der Waals surface area contributed by atoms with Crippen LogP contribution in [0.15, 0.2) is 127 Å². The molecule has 4 heteroatoms. The van der Waals surface area contributed by atoms with E-state index in [1.807, 2.05) is 53.8 Å². The summed E-state index contributed by atoms with van der Waals surface area (Å²) in [7, 11) is 0. The van der Waals surface area contributed by atoms with Crippen molar-refractivity contribution in [2.75, 3.05) is 0 Å². The van der Waals surface area contributed by atoms with Crippen molar-refractivity contribution in [2.24, 2.45) is 0 Å². The van der Waals surface area contributed by atoms with Crippen LogP contribution in [0, 0.1) is 13.1 Å². The van der Waals surface area contributed by atoms with E-state index < -0.39 is 0 Å². The molecule has 194 valence electrons. The molecular weight excluding hydrogens is 531 g/mol. The molecule has 0 aliphatic carbocycles. The summed E-state index contributed by atoms with van der Waals surface area (Å²) in [5, 5.41) is 4.64. The van der Waals surface area contributed by atoms with E-state index in [1.54, 1.807) is 0 Å². The van der Waals surface area contributed by atoms with Crippen molar-refractivity contribution in [1.82, 2.24) is 4.57 Å². The highest BCUT2D eigenvalue weighted by Gasteiger charge is 2.19. The molecule has 8 rings (SSSR count). The smallest absolute Gasteiger partial charge is 0.211 e. The van der Waals surface area contributed by atoms with Crippen molar-refractivity contribution in [3.8, 4) is 27.9 Å². The Morgan fingerprint density at radius 2 is 1.24 bits per heavy atom. The standard InChI is InChI=1S/C38H21N3S/c1-39-27-18-19-35-31(23-27)29-11-3-5-15-34(29)41(35)38-28(13-8-14-33(38)40-2)26-10-7-9-24(21-26)25-17-20-37-32(22-25)30-12-4-6-16-36(30)42-37/h3-23H. The minimum absolute atomic E-state index is 0.584. The predicted molar refractivity (Wildman–Crippen MR) is 177 cm³/mol. The molecule has 0 saturated heterocycles. The SMILES string of the molecule is [C-]#[N+]c1ccc2c(c1)c1ccccc1n2-c1c([N+]#[C-])cccc1-c1cccc(-c2ccc3sc4ccccc4c3c2)c1. The van der Waals surface area contributed by atoms with Crippen molar-refractivity contribution >= 4 is 64.7 Å². The fraction of sp³-hybridized carbons (Fsp3) is 0. The maximum absolute atomic E-state index is 8.10. The lowest BCUT2D eigenvalue weighted by molar-refractivity contribution is 1.19. The summed E-state index contributed by atoms with van der Waals surface area (Å²) in [6.07, 6.45) is 0. The van der Waals surface area contributed by atoms with Gasteiger partial charge in [0.25, 0.3) is 0 Å². The van der Waals surface area contributed by atoms with Gasteiger partial charge in [-0.3, -0.25) is 0 Å². The number of aromatic nitrogens is 1. The number of hydrogen-bond acceptors (Lipinski definition) is 1. The summed E-state index contributed by atoms with van der Waals surface area (Å²) in [6.45, 7) is 15.7. The topological polar surface area (TPSA) is 13.6 Å². The van der Waals surface area contributed by atoms with E-state index in [1.165, 1.54) is 25.7 Å². The van der Waals surface area contributed by atoms with Crippen LogP contribution in [-0.2, 0) is 0 Å². The Balaban J connectivity index is 1.36. The predicted octanol–water partition coefficient (Wildman–Crippen LogP) is 11.6. The van der Waals surface area contributed by atoms with Gasteiger partial charge in [-0.15, -0.1) is 11.3 Å². The fourth-order valence-electron chi connectivity index (χ4n) is 6.13. The van der Waals surface area contributed by atoms with Crippen LogP contribution in [0.2, 0.25) is 0 Å². The summed E-state index contributed by atoms with van der Waals surface area (Å²) >= 11 is 1.83. The summed E-state index contributed by atoms with van der Waals surface area (Å²) in [5.74, 6) is 0. The van der Waals surface area contributed by atoms with Crippen LogP contribution >= 0.6 is 11.3 Å². The fourth-order valence-corrected chi connectivity index (χ4v) is 7.22. The van der Waals surface area contributed by atoms with E-state index in [0.717, 1.165) is 44.2 Å². The first kappa shape index (κ1) is 24.1. The first-order valence-corrected chi connectivity index (χ1v) is 14.5. The second-order valence-corrected chi connectivity index (χ2v) is 11.4. The molecule has 2 aromatic heterocycles. The highest BCUT2D eigenvalue weighted by atomic mass is 32.1. The van der Waals surface area contributed by atoms with Gasteiger partial charge in [0.05, 0.1) is 29.9 Å². The largest absolute Gasteiger partial charge is 0.318 e. The van der Waals surface area contributed by atoms with Gasteiger partial charge in [-0.05, 0) is 70.1 Å². The van der Waals surface area contributed by atoms with Crippen molar-refractivity contribution in [2.45, 2.75) is 0 Å². The van der Waals surface area contributed by atoms with Gasteiger partial charge in [-0.25, -0.2) is 9.69 Å². The molecule has 42 heavy (non-hydrogen) atoms. The third-order valence-corrected chi connectivity index (χ3v) is 9.18. The van der Waals surface area contributed by atoms with Gasteiger partial charge >= 0.3 is 0 Å². The van der Waals surface area contributed by atoms with Crippen molar-refractivity contribution in [3.63, 3.8) is 0 Å². The van der Waals surface area contributed by atoms with E-state index in [0.29, 0.717) is 11.4 Å². The van der Waals surface area contributed by atoms with Gasteiger partial charge in [-0.1, -0.05) is 84.9 Å². The highest BCUT2D eigenvalue weighted by Crippen LogP contribution is 2.43. The average molecular weight is 552 g/mol. The Kier molecular flexibility index (Phi) is 5.44. The molecule has 3 nitrogen and oxygen atoms in total. The lowest BCUT2D eigenvalue weighted by atomic mass is 9.96. The van der Waals surface area contributed by atoms with Gasteiger partial charge < -0.3 is 4.57 Å². The van der Waals surface area contributed by atoms with E-state index >= 15 is 0 Å². The third kappa shape index (κ3) is 3.64. The number of para-hydroxylation sites is 2. The molecule has 6 aromatic carbocycles. The summed E-state index contributed by atoms with van der Waals surface area (Å²) < 4.78 is 4.78. The molecule has 8 aromatic rings. The molecule has 2 heterocycles. The van der Waals surface area contributed by atoms with E-state index in [2.05, 4.69) is 99.2 Å². The molecule has 0 bridgehead atoms. The monoisotopic (exact) mass is 551 g/mol. The lowest BCUT2D eigenvalue weighted by Gasteiger charge is -2.17. The summed E-state index contributed by atoms with van der Waals surface area (Å²) in [4.78, 5) is 7.65. The zero-order chi connectivity index (χ0) is 28.2. The van der Waals surface area contributed by atoms with Crippen LogP contribution < -0.4 is 0 Å². The molecular formula is C38H21N3S. The van der Waals surface area contributed by atoms with Gasteiger partial charge in [0.1, 0.15) is 0 Å². The zero-order valence-electron chi connectivity index (χ0n) is 22.4. The first-order chi connectivity index (χ1) is 20.7. The minimum atomic E-state index is 0.584. The molecule has 0 radical (unpaired) electrons. The quantitative estimate of drug-likeness (QED) is 0.194. The number of fused-ring (bicyclic) bond motifs is 6. The number of hydrogen-bond donors (Lipinski definition) is 0. The van der Waals surface area contributed by atoms with Gasteiger partial charge in [0.15, 0.2) is 5.69 Å². The Hall–Kier alpha value is -5.68. The first-order valence-electron chi connectivity index (χ1n) is 13.7. The molecule has 0 aliphatic heterocycles. The maximum atomic E-state index is 8.10. The molecule has 0 atom stereocenters. The molecule has 0 amide bonds. The normalized spacial score (nSPS) is 11.3. The molecule has 0 aliphatic rings. The Morgan fingerprint density at radius 1 is 0.500 bits per heavy atom. The van der Waals surface area contributed by atoms with Crippen LogP contribution in [0.25, 0.3) is 79.6 Å². The highest BCUT2D eigenvalue weighted by molar-refractivity contribution is 7.25. The van der Waals surface area contributed by atoms with Crippen molar-refractivity contribution in [3.05, 3.63) is 150 Å². The summed E-state index contributed by atoms with van der Waals surface area (Å²) in [5.41, 5.74) is 8.37. The second kappa shape index (κ2) is 9.46.